The largest absolute Gasteiger partial charge is 0.391 e. The molecule has 32 heavy (non-hydrogen) atoms. The van der Waals surface area contributed by atoms with Crippen molar-refractivity contribution in [3.63, 3.8) is 0 Å². The molecule has 2 aromatic heterocycles. The van der Waals surface area contributed by atoms with Crippen LogP contribution in [-0.2, 0) is 4.79 Å². The highest BCUT2D eigenvalue weighted by Crippen LogP contribution is 2.54. The molecule has 168 valence electrons. The number of β-amino-alcohol motifs (C(OH)–C–C–N with tert-alkyl or cyclic N) is 1. The van der Waals surface area contributed by atoms with E-state index >= 15 is 0 Å². The number of hydrogen-bond donors (Lipinski definition) is 2. The minimum absolute atomic E-state index is 0.107. The van der Waals surface area contributed by atoms with Gasteiger partial charge in [-0.25, -0.2) is 9.37 Å². The van der Waals surface area contributed by atoms with Crippen molar-refractivity contribution in [2.24, 2.45) is 17.8 Å². The van der Waals surface area contributed by atoms with Crippen molar-refractivity contribution in [1.29, 1.82) is 0 Å². The molecule has 2 aromatic rings. The third kappa shape index (κ3) is 4.43. The van der Waals surface area contributed by atoms with Crippen molar-refractivity contribution in [3.8, 4) is 0 Å². The lowest BCUT2D eigenvalue weighted by molar-refractivity contribution is -0.116. The first kappa shape index (κ1) is 20.8. The van der Waals surface area contributed by atoms with Gasteiger partial charge in [0.15, 0.2) is 11.6 Å². The van der Waals surface area contributed by atoms with Gasteiger partial charge in [0.05, 0.1) is 12.3 Å². The van der Waals surface area contributed by atoms with Gasteiger partial charge in [-0.15, -0.1) is 0 Å². The Morgan fingerprint density at radius 3 is 2.81 bits per heavy atom. The number of piperidine rings is 1. The fraction of sp³-hybridized carbons (Fsp3) is 0.478. The molecule has 0 aromatic carbocycles. The molecule has 2 N–H and O–H groups in total. The molecule has 1 aliphatic carbocycles. The monoisotopic (exact) mass is 438 g/mol. The number of nitrogens with zero attached hydrogens (tertiary/aromatic N) is 5. The second-order valence-corrected chi connectivity index (χ2v) is 8.83. The van der Waals surface area contributed by atoms with Crippen LogP contribution in [0.5, 0.6) is 0 Å². The fourth-order valence-corrected chi connectivity index (χ4v) is 4.96. The summed E-state index contributed by atoms with van der Waals surface area (Å²) in [5, 5.41) is 12.7. The van der Waals surface area contributed by atoms with Gasteiger partial charge in [0.2, 0.25) is 11.9 Å². The number of pyridine rings is 1. The number of fused-ring (bicyclic) bond motifs is 1. The van der Waals surface area contributed by atoms with E-state index in [0.717, 1.165) is 25.1 Å². The summed E-state index contributed by atoms with van der Waals surface area (Å²) in [6, 6.07) is 3.73. The summed E-state index contributed by atoms with van der Waals surface area (Å²) in [5.41, 5.74) is 0.889. The molecule has 2 unspecified atom stereocenters. The Morgan fingerprint density at radius 2 is 2.09 bits per heavy atom. The Bertz CT molecular complexity index is 991. The molecular weight excluding hydrogens is 411 g/mol. The van der Waals surface area contributed by atoms with Gasteiger partial charge in [-0.05, 0) is 48.3 Å². The number of aliphatic hydroxyl groups excluding tert-OH is 1. The predicted molar refractivity (Wildman–Crippen MR) is 118 cm³/mol. The molecule has 3 fully saturated rings. The maximum absolute atomic E-state index is 14.4. The lowest BCUT2D eigenvalue weighted by Gasteiger charge is -2.23. The van der Waals surface area contributed by atoms with Crippen LogP contribution < -0.4 is 15.1 Å². The smallest absolute Gasteiger partial charge is 0.244 e. The number of aliphatic hydroxyl groups is 1. The summed E-state index contributed by atoms with van der Waals surface area (Å²) < 4.78 is 14.4. The topological polar surface area (TPSA) is 94.5 Å². The third-order valence-corrected chi connectivity index (χ3v) is 6.72. The Kier molecular flexibility index (Phi) is 5.73. The summed E-state index contributed by atoms with van der Waals surface area (Å²) in [6.07, 6.45) is 9.15. The van der Waals surface area contributed by atoms with Gasteiger partial charge < -0.3 is 20.2 Å². The summed E-state index contributed by atoms with van der Waals surface area (Å²) >= 11 is 0. The predicted octanol–water partition coefficient (Wildman–Crippen LogP) is 1.48. The zero-order chi connectivity index (χ0) is 22.1. The molecular formula is C23H27FN6O2. The van der Waals surface area contributed by atoms with Crippen LogP contribution in [0.25, 0.3) is 6.08 Å². The van der Waals surface area contributed by atoms with Crippen LogP contribution in [0.15, 0.2) is 36.8 Å². The molecule has 8 nitrogen and oxygen atoms in total. The highest BCUT2D eigenvalue weighted by molar-refractivity contribution is 5.91. The second kappa shape index (κ2) is 8.82. The van der Waals surface area contributed by atoms with Crippen molar-refractivity contribution < 1.29 is 14.3 Å². The zero-order valence-electron chi connectivity index (χ0n) is 17.8. The number of nitrogens with one attached hydrogen (secondary N) is 1. The van der Waals surface area contributed by atoms with Gasteiger partial charge in [-0.3, -0.25) is 9.78 Å². The molecule has 1 amide bonds. The average Bonchev–Trinajstić information content (AvgIpc) is 3.12. The molecule has 4 heterocycles. The number of carbonyl (C=O) groups is 1. The molecule has 4 atom stereocenters. The number of hydrogen-bond acceptors (Lipinski definition) is 7. The summed E-state index contributed by atoms with van der Waals surface area (Å²) in [5.74, 6) is 1.93. The Morgan fingerprint density at radius 1 is 1.25 bits per heavy atom. The van der Waals surface area contributed by atoms with Crippen LogP contribution >= 0.6 is 0 Å². The molecule has 0 bridgehead atoms. The normalized spacial score (nSPS) is 26.6. The van der Waals surface area contributed by atoms with Crippen molar-refractivity contribution in [2.75, 3.05) is 42.5 Å². The maximum atomic E-state index is 14.4. The van der Waals surface area contributed by atoms with E-state index in [0.29, 0.717) is 55.6 Å². The minimum atomic E-state index is -0.404. The highest BCUT2D eigenvalue weighted by atomic mass is 19.1. The summed E-state index contributed by atoms with van der Waals surface area (Å²) in [4.78, 5) is 28.5. The minimum Gasteiger partial charge on any atom is -0.391 e. The van der Waals surface area contributed by atoms with Crippen LogP contribution in [0.3, 0.4) is 0 Å². The zero-order valence-corrected chi connectivity index (χ0v) is 17.8. The number of halogens is 1. The van der Waals surface area contributed by atoms with Crippen LogP contribution in [-0.4, -0.2) is 64.8 Å². The standard InChI is InChI=1S/C23H27FN6O2/c24-20-11-27-23(29-9-6-16(31)12-29)28-22(20)30-13-18-17(19(18)14-30)5-8-26-21(32)4-3-15-2-1-7-25-10-15/h1-4,7,10-11,16-19,31H,5-6,8-9,12-14H2,(H,26,32)/b4-3+/t16?,17?,18-,19+. The van der Waals surface area contributed by atoms with E-state index in [1.54, 1.807) is 18.5 Å². The molecule has 0 spiro atoms. The molecule has 5 rings (SSSR count). The lowest BCUT2D eigenvalue weighted by atomic mass is 10.2. The molecule has 9 heteroatoms. The first-order valence-electron chi connectivity index (χ1n) is 11.1. The highest BCUT2D eigenvalue weighted by Gasteiger charge is 2.55. The van der Waals surface area contributed by atoms with E-state index in [2.05, 4.69) is 20.3 Å². The maximum Gasteiger partial charge on any atom is 0.244 e. The van der Waals surface area contributed by atoms with Crippen LogP contribution in [0, 0.1) is 23.6 Å². The average molecular weight is 439 g/mol. The van der Waals surface area contributed by atoms with E-state index in [1.165, 1.54) is 12.3 Å². The summed E-state index contributed by atoms with van der Waals surface area (Å²) in [7, 11) is 0. The van der Waals surface area contributed by atoms with Crippen molar-refractivity contribution in [2.45, 2.75) is 18.9 Å². The molecule has 2 saturated heterocycles. The van der Waals surface area contributed by atoms with E-state index in [-0.39, 0.29) is 12.0 Å². The second-order valence-electron chi connectivity index (χ2n) is 8.83. The SMILES string of the molecule is O=C(/C=C/c1cccnc1)NCCC1[C@H]2CN(c3nc(N4CCC(O)C4)ncc3F)C[C@@H]12. The van der Waals surface area contributed by atoms with E-state index in [4.69, 9.17) is 0 Å². The van der Waals surface area contributed by atoms with Crippen LogP contribution in [0.2, 0.25) is 0 Å². The molecule has 1 saturated carbocycles. The van der Waals surface area contributed by atoms with Crippen LogP contribution in [0.1, 0.15) is 18.4 Å². The third-order valence-electron chi connectivity index (χ3n) is 6.72. The van der Waals surface area contributed by atoms with Crippen molar-refractivity contribution in [1.82, 2.24) is 20.3 Å². The van der Waals surface area contributed by atoms with Gasteiger partial charge in [-0.1, -0.05) is 6.07 Å². The number of anilines is 2. The van der Waals surface area contributed by atoms with Crippen molar-refractivity contribution in [3.05, 3.63) is 48.2 Å². The summed E-state index contributed by atoms with van der Waals surface area (Å²) in [6.45, 7) is 3.36. The molecule has 2 aliphatic heterocycles. The first-order valence-corrected chi connectivity index (χ1v) is 11.1. The lowest BCUT2D eigenvalue weighted by Crippen LogP contribution is -2.29. The van der Waals surface area contributed by atoms with Crippen molar-refractivity contribution >= 4 is 23.7 Å². The number of aromatic nitrogens is 3. The number of rotatable bonds is 7. The Labute approximate surface area is 186 Å². The molecule has 3 aliphatic rings. The van der Waals surface area contributed by atoms with Gasteiger partial charge in [0, 0.05) is 51.2 Å². The van der Waals surface area contributed by atoms with E-state index in [9.17, 15) is 14.3 Å². The fourth-order valence-electron chi connectivity index (χ4n) is 4.96. The number of carbonyl (C=O) groups excluding carboxylic acids is 1. The van der Waals surface area contributed by atoms with Gasteiger partial charge in [-0.2, -0.15) is 4.98 Å². The van der Waals surface area contributed by atoms with Gasteiger partial charge >= 0.3 is 0 Å². The van der Waals surface area contributed by atoms with Gasteiger partial charge in [0.1, 0.15) is 0 Å². The Balaban J connectivity index is 1.09. The van der Waals surface area contributed by atoms with Crippen LogP contribution in [0.4, 0.5) is 16.2 Å². The quantitative estimate of drug-likeness (QED) is 0.633. The van der Waals surface area contributed by atoms with Gasteiger partial charge in [0.25, 0.3) is 0 Å². The molecule has 0 radical (unpaired) electrons. The van der Waals surface area contributed by atoms with E-state index in [1.807, 2.05) is 21.9 Å². The Hall–Kier alpha value is -3.07. The number of amides is 1. The first-order chi connectivity index (χ1) is 15.6. The van der Waals surface area contributed by atoms with E-state index < -0.39 is 5.82 Å².